The second kappa shape index (κ2) is 18.1. The normalized spacial score (nSPS) is 16.8. The molecule has 5 rings (SSSR count). The highest BCUT2D eigenvalue weighted by Gasteiger charge is 2.34. The first-order chi connectivity index (χ1) is 22.1. The third-order valence-electron chi connectivity index (χ3n) is 9.39. The summed E-state index contributed by atoms with van der Waals surface area (Å²) in [7, 11) is 9.02. The van der Waals surface area contributed by atoms with E-state index in [2.05, 4.69) is 47.1 Å². The molecule has 2 atom stereocenters. The van der Waals surface area contributed by atoms with E-state index in [9.17, 15) is 9.59 Å². The average molecular weight is 666 g/mol. The minimum Gasteiger partial charge on any atom is -0.493 e. The molecule has 1 fully saturated rings. The van der Waals surface area contributed by atoms with E-state index in [0.29, 0.717) is 29.7 Å². The van der Waals surface area contributed by atoms with Crippen LogP contribution in [0.3, 0.4) is 0 Å². The number of carbonyl (C=O) groups is 2. The van der Waals surface area contributed by atoms with Gasteiger partial charge in [0.1, 0.15) is 5.75 Å². The van der Waals surface area contributed by atoms with E-state index in [1.165, 1.54) is 23.3 Å². The number of nitrogens with zero attached hydrogens (tertiary/aromatic N) is 3. The highest BCUT2D eigenvalue weighted by atomic mass is 35.5. The Morgan fingerprint density at radius 1 is 0.936 bits per heavy atom. The number of hydrogen-bond acceptors (Lipinski definition) is 7. The van der Waals surface area contributed by atoms with E-state index in [1.807, 2.05) is 51.4 Å². The van der Waals surface area contributed by atoms with Crippen molar-refractivity contribution in [3.05, 3.63) is 89.0 Å². The zero-order valence-corrected chi connectivity index (χ0v) is 29.8. The molecule has 3 aromatic carbocycles. The van der Waals surface area contributed by atoms with Crippen LogP contribution in [0.2, 0.25) is 0 Å². The van der Waals surface area contributed by atoms with Crippen LogP contribution in [-0.4, -0.2) is 81.6 Å². The number of likely N-dealkylation sites (tertiary alicyclic amines) is 1. The van der Waals surface area contributed by atoms with Crippen LogP contribution in [-0.2, 0) is 13.0 Å². The number of benzene rings is 3. The lowest BCUT2D eigenvalue weighted by Gasteiger charge is -2.32. The number of fused-ring (bicyclic) bond motifs is 1. The maximum Gasteiger partial charge on any atom is 0.414 e. The number of ether oxygens (including phenoxy) is 3. The monoisotopic (exact) mass is 665 g/mol. The van der Waals surface area contributed by atoms with Crippen molar-refractivity contribution in [2.45, 2.75) is 52.1 Å². The average Bonchev–Trinajstić information content (AvgIpc) is 3.38. The highest BCUT2D eigenvalue weighted by molar-refractivity contribution is 6.02. The number of halogens is 1. The van der Waals surface area contributed by atoms with Crippen molar-refractivity contribution in [3.8, 4) is 17.2 Å². The summed E-state index contributed by atoms with van der Waals surface area (Å²) < 4.78 is 16.1. The van der Waals surface area contributed by atoms with Crippen LogP contribution in [0.5, 0.6) is 17.2 Å². The molecule has 0 bridgehead atoms. The molecule has 47 heavy (non-hydrogen) atoms. The Morgan fingerprint density at radius 3 is 2.21 bits per heavy atom. The molecule has 2 aliphatic rings. The lowest BCUT2D eigenvalue weighted by atomic mass is 9.85. The third kappa shape index (κ3) is 10.2. The Morgan fingerprint density at radius 2 is 1.60 bits per heavy atom. The number of ketones is 1. The first-order valence-electron chi connectivity index (χ1n) is 16.4. The molecule has 0 N–H and O–H groups in total. The third-order valence-corrected chi connectivity index (χ3v) is 9.39. The number of piperidine rings is 1. The van der Waals surface area contributed by atoms with Crippen LogP contribution in [0.15, 0.2) is 66.7 Å². The second-order valence-electron chi connectivity index (χ2n) is 12.7. The van der Waals surface area contributed by atoms with Crippen molar-refractivity contribution in [1.29, 1.82) is 0 Å². The summed E-state index contributed by atoms with van der Waals surface area (Å²) >= 11 is 0. The predicted molar refractivity (Wildman–Crippen MR) is 190 cm³/mol. The van der Waals surface area contributed by atoms with Crippen molar-refractivity contribution < 1.29 is 23.8 Å². The predicted octanol–water partition coefficient (Wildman–Crippen LogP) is 7.54. The van der Waals surface area contributed by atoms with Crippen LogP contribution in [0.4, 0.5) is 4.79 Å². The maximum atomic E-state index is 12.9. The Kier molecular flexibility index (Phi) is 14.6. The van der Waals surface area contributed by atoms with Gasteiger partial charge >= 0.3 is 6.09 Å². The Hall–Kier alpha value is -3.59. The van der Waals surface area contributed by atoms with Gasteiger partial charge < -0.3 is 24.0 Å². The summed E-state index contributed by atoms with van der Waals surface area (Å²) in [5, 5.41) is 0. The molecular formula is C38H52ClN3O5. The number of Topliss-reactive ketones (excluding diaryl/α,β-unsaturated/α-hetero) is 1. The molecule has 8 nitrogen and oxygen atoms in total. The minimum atomic E-state index is -0.327. The molecule has 256 valence electrons. The SMILES string of the molecule is CCN(C)C(=O)Oc1cccc([C@H](C)N(C)C)c1.COc1cc2c(cc1OC)C(=O)C(CC1CCN(Cc3ccccc3)CC1)C2.Cl. The molecule has 1 unspecified atom stereocenters. The van der Waals surface area contributed by atoms with Crippen molar-refractivity contribution >= 4 is 24.3 Å². The Bertz CT molecular complexity index is 1440. The molecule has 1 heterocycles. The standard InChI is InChI=1S/C24H29NO3.C14H22N2O2.ClH/c1-27-22-14-19-13-20(24(26)21(19)15-23(22)28-2)12-17-8-10-25(11-9-17)16-18-6-4-3-5-7-18;1-6-16(5)14(17)18-13-9-7-8-12(10-13)11(2)15(3)4;/h3-7,14-15,17,20H,8-13,16H2,1-2H3;7-11H,6H2,1-5H3;1H/t;11-;/m.0./s1. The van der Waals surface area contributed by atoms with Gasteiger partial charge in [-0.15, -0.1) is 12.4 Å². The lowest BCUT2D eigenvalue weighted by molar-refractivity contribution is 0.0895. The minimum absolute atomic E-state index is 0. The highest BCUT2D eigenvalue weighted by Crippen LogP contribution is 2.39. The summed E-state index contributed by atoms with van der Waals surface area (Å²) in [6, 6.07) is 22.4. The van der Waals surface area contributed by atoms with Crippen molar-refractivity contribution in [2.24, 2.45) is 11.8 Å². The van der Waals surface area contributed by atoms with Gasteiger partial charge in [-0.2, -0.15) is 0 Å². The van der Waals surface area contributed by atoms with Gasteiger partial charge in [-0.05, 0) is 114 Å². The van der Waals surface area contributed by atoms with E-state index >= 15 is 0 Å². The Labute approximate surface area is 287 Å². The van der Waals surface area contributed by atoms with Crippen molar-refractivity contribution in [3.63, 3.8) is 0 Å². The molecule has 9 heteroatoms. The van der Waals surface area contributed by atoms with Gasteiger partial charge in [-0.1, -0.05) is 42.5 Å². The number of methoxy groups -OCH3 is 2. The Balaban J connectivity index is 0.000000276. The fourth-order valence-electron chi connectivity index (χ4n) is 6.16. The van der Waals surface area contributed by atoms with E-state index in [0.717, 1.165) is 49.2 Å². The fraction of sp³-hybridized carbons (Fsp3) is 0.474. The van der Waals surface area contributed by atoms with E-state index in [4.69, 9.17) is 14.2 Å². The lowest BCUT2D eigenvalue weighted by Crippen LogP contribution is -2.34. The number of amides is 1. The fourth-order valence-corrected chi connectivity index (χ4v) is 6.16. The molecule has 0 spiro atoms. The number of carbonyl (C=O) groups excluding carboxylic acids is 2. The van der Waals surface area contributed by atoms with Gasteiger partial charge in [-0.3, -0.25) is 9.69 Å². The van der Waals surface area contributed by atoms with Crippen molar-refractivity contribution in [1.82, 2.24) is 14.7 Å². The second-order valence-corrected chi connectivity index (χ2v) is 12.7. The summed E-state index contributed by atoms with van der Waals surface area (Å²) in [6.45, 7) is 7.92. The van der Waals surface area contributed by atoms with Crippen LogP contribution in [0.1, 0.15) is 66.2 Å². The molecule has 0 radical (unpaired) electrons. The van der Waals surface area contributed by atoms with Gasteiger partial charge in [0, 0.05) is 37.7 Å². The van der Waals surface area contributed by atoms with Gasteiger partial charge in [0.05, 0.1) is 14.2 Å². The van der Waals surface area contributed by atoms with E-state index < -0.39 is 0 Å². The zero-order valence-electron chi connectivity index (χ0n) is 29.0. The van der Waals surface area contributed by atoms with E-state index in [-0.39, 0.29) is 36.2 Å². The first kappa shape index (κ1) is 37.9. The first-order valence-corrected chi connectivity index (χ1v) is 16.4. The molecular weight excluding hydrogens is 614 g/mol. The molecule has 1 aliphatic heterocycles. The molecule has 0 aromatic heterocycles. The van der Waals surface area contributed by atoms with Crippen LogP contribution < -0.4 is 14.2 Å². The van der Waals surface area contributed by atoms with E-state index in [1.54, 1.807) is 27.3 Å². The number of rotatable bonds is 10. The van der Waals surface area contributed by atoms with Gasteiger partial charge in [-0.25, -0.2) is 4.79 Å². The van der Waals surface area contributed by atoms with Crippen LogP contribution in [0, 0.1) is 11.8 Å². The zero-order chi connectivity index (χ0) is 33.2. The van der Waals surface area contributed by atoms with Gasteiger partial charge in [0.15, 0.2) is 17.3 Å². The van der Waals surface area contributed by atoms with Crippen molar-refractivity contribution in [2.75, 3.05) is 55.0 Å². The topological polar surface area (TPSA) is 71.5 Å². The molecule has 1 amide bonds. The molecule has 1 aliphatic carbocycles. The van der Waals surface area contributed by atoms with Gasteiger partial charge in [0.2, 0.25) is 0 Å². The summed E-state index contributed by atoms with van der Waals surface area (Å²) in [4.78, 5) is 30.8. The van der Waals surface area contributed by atoms with Crippen LogP contribution >= 0.6 is 12.4 Å². The largest absolute Gasteiger partial charge is 0.493 e. The summed E-state index contributed by atoms with van der Waals surface area (Å²) in [5.74, 6) is 2.97. The molecule has 0 saturated carbocycles. The number of hydrogen-bond donors (Lipinski definition) is 0. The quantitative estimate of drug-likeness (QED) is 0.222. The van der Waals surface area contributed by atoms with Crippen LogP contribution in [0.25, 0.3) is 0 Å². The summed E-state index contributed by atoms with van der Waals surface area (Å²) in [6.07, 6.45) is 3.86. The smallest absolute Gasteiger partial charge is 0.414 e. The van der Waals surface area contributed by atoms with Gasteiger partial charge in [0.25, 0.3) is 0 Å². The summed E-state index contributed by atoms with van der Waals surface area (Å²) in [5.41, 5.74) is 4.44. The molecule has 3 aromatic rings. The molecule has 1 saturated heterocycles. The maximum absolute atomic E-state index is 12.9.